The van der Waals surface area contributed by atoms with E-state index in [0.717, 1.165) is 5.56 Å². The predicted molar refractivity (Wildman–Crippen MR) is 110 cm³/mol. The first-order valence-electron chi connectivity index (χ1n) is 8.84. The van der Waals surface area contributed by atoms with Crippen LogP contribution in [0.3, 0.4) is 0 Å². The Morgan fingerprint density at radius 1 is 1.00 bits per heavy atom. The summed E-state index contributed by atoms with van der Waals surface area (Å²) in [7, 11) is -3.72. The fraction of sp³-hybridized carbons (Fsp3) is 0.316. The molecule has 1 aliphatic heterocycles. The Morgan fingerprint density at radius 3 is 2.36 bits per heavy atom. The fourth-order valence-corrected chi connectivity index (χ4v) is 5.16. The third kappa shape index (κ3) is 5.24. The highest BCUT2D eigenvalue weighted by atomic mass is 35.5. The Morgan fingerprint density at radius 2 is 1.68 bits per heavy atom. The van der Waals surface area contributed by atoms with Crippen molar-refractivity contribution in [2.45, 2.75) is 11.4 Å². The second kappa shape index (κ2) is 9.24. The predicted octanol–water partition coefficient (Wildman–Crippen LogP) is 2.62. The van der Waals surface area contributed by atoms with E-state index in [0.29, 0.717) is 24.7 Å². The monoisotopic (exact) mass is 441 g/mol. The molecule has 0 aliphatic carbocycles. The average Bonchev–Trinajstić information content (AvgIpc) is 2.69. The van der Waals surface area contributed by atoms with Crippen LogP contribution in [0, 0.1) is 0 Å². The van der Waals surface area contributed by atoms with Gasteiger partial charge in [0.15, 0.2) is 0 Å². The summed E-state index contributed by atoms with van der Waals surface area (Å²) in [6.45, 7) is 2.22. The standard InChI is InChI=1S/C19H21Cl2N3O3S/c20-16-6-7-17(21)18(12-16)28(26,27)24-10-8-23(9-11-24)14-19(25)22-13-15-4-2-1-3-5-15/h1-7,12H,8-11,13-14H2,(H,22,25). The molecule has 150 valence electrons. The summed E-state index contributed by atoms with van der Waals surface area (Å²) in [5.74, 6) is -0.0851. The van der Waals surface area contributed by atoms with Crippen molar-refractivity contribution in [3.8, 4) is 0 Å². The zero-order chi connectivity index (χ0) is 20.1. The molecule has 0 spiro atoms. The summed E-state index contributed by atoms with van der Waals surface area (Å²) in [6.07, 6.45) is 0. The lowest BCUT2D eigenvalue weighted by Gasteiger charge is -2.33. The second-order valence-electron chi connectivity index (χ2n) is 6.52. The molecule has 2 aromatic rings. The first-order chi connectivity index (χ1) is 13.4. The lowest BCUT2D eigenvalue weighted by atomic mass is 10.2. The molecule has 0 atom stereocenters. The van der Waals surface area contributed by atoms with Gasteiger partial charge in [0.25, 0.3) is 0 Å². The van der Waals surface area contributed by atoms with Gasteiger partial charge in [0.05, 0.1) is 11.6 Å². The van der Waals surface area contributed by atoms with Crippen molar-refractivity contribution in [2.75, 3.05) is 32.7 Å². The number of rotatable bonds is 6. The van der Waals surface area contributed by atoms with Crippen molar-refractivity contribution in [1.29, 1.82) is 0 Å². The van der Waals surface area contributed by atoms with Crippen LogP contribution in [-0.2, 0) is 21.4 Å². The molecular weight excluding hydrogens is 421 g/mol. The van der Waals surface area contributed by atoms with E-state index in [9.17, 15) is 13.2 Å². The van der Waals surface area contributed by atoms with Crippen molar-refractivity contribution in [1.82, 2.24) is 14.5 Å². The Bertz CT molecular complexity index is 931. The minimum atomic E-state index is -3.72. The first kappa shape index (κ1) is 21.1. The van der Waals surface area contributed by atoms with Gasteiger partial charge in [-0.3, -0.25) is 9.69 Å². The molecule has 0 radical (unpaired) electrons. The lowest BCUT2D eigenvalue weighted by molar-refractivity contribution is -0.122. The van der Waals surface area contributed by atoms with Gasteiger partial charge in [0.1, 0.15) is 4.90 Å². The van der Waals surface area contributed by atoms with Crippen LogP contribution in [0.5, 0.6) is 0 Å². The SMILES string of the molecule is O=C(CN1CCN(S(=O)(=O)c2cc(Cl)ccc2Cl)CC1)NCc1ccccc1. The largest absolute Gasteiger partial charge is 0.351 e. The molecule has 1 heterocycles. The normalized spacial score (nSPS) is 16.1. The number of carbonyl (C=O) groups excluding carboxylic acids is 1. The van der Waals surface area contributed by atoms with Crippen molar-refractivity contribution in [3.05, 3.63) is 64.1 Å². The molecule has 0 aromatic heterocycles. The highest BCUT2D eigenvalue weighted by Gasteiger charge is 2.30. The highest BCUT2D eigenvalue weighted by molar-refractivity contribution is 7.89. The maximum atomic E-state index is 12.8. The third-order valence-corrected chi connectivity index (χ3v) is 7.16. The minimum Gasteiger partial charge on any atom is -0.351 e. The summed E-state index contributed by atoms with van der Waals surface area (Å²) in [4.78, 5) is 14.1. The Balaban J connectivity index is 1.52. The highest BCUT2D eigenvalue weighted by Crippen LogP contribution is 2.28. The molecular formula is C19H21Cl2N3O3S. The maximum Gasteiger partial charge on any atom is 0.244 e. The molecule has 28 heavy (non-hydrogen) atoms. The van der Waals surface area contributed by atoms with Gasteiger partial charge in [-0.2, -0.15) is 4.31 Å². The number of benzene rings is 2. The van der Waals surface area contributed by atoms with E-state index >= 15 is 0 Å². The minimum absolute atomic E-state index is 0.00993. The van der Waals surface area contributed by atoms with Crippen LogP contribution in [0.15, 0.2) is 53.4 Å². The number of nitrogens with zero attached hydrogens (tertiary/aromatic N) is 2. The number of sulfonamides is 1. The number of hydrogen-bond acceptors (Lipinski definition) is 4. The van der Waals surface area contributed by atoms with Crippen LogP contribution in [0.2, 0.25) is 10.0 Å². The third-order valence-electron chi connectivity index (χ3n) is 4.54. The van der Waals surface area contributed by atoms with Gasteiger partial charge in [-0.25, -0.2) is 8.42 Å². The molecule has 6 nitrogen and oxygen atoms in total. The number of amides is 1. The van der Waals surface area contributed by atoms with Crippen LogP contribution in [-0.4, -0.2) is 56.3 Å². The zero-order valence-electron chi connectivity index (χ0n) is 15.1. The molecule has 2 aromatic carbocycles. The molecule has 0 saturated carbocycles. The Hall–Kier alpha value is -1.64. The Kier molecular flexibility index (Phi) is 6.95. The van der Waals surface area contributed by atoms with Crippen molar-refractivity contribution in [3.63, 3.8) is 0 Å². The van der Waals surface area contributed by atoms with Gasteiger partial charge >= 0.3 is 0 Å². The number of nitrogens with one attached hydrogen (secondary N) is 1. The fourth-order valence-electron chi connectivity index (χ4n) is 3.00. The first-order valence-corrected chi connectivity index (χ1v) is 11.0. The Labute approximate surface area is 175 Å². The average molecular weight is 442 g/mol. The number of carbonyl (C=O) groups is 1. The van der Waals surface area contributed by atoms with Crippen LogP contribution in [0.4, 0.5) is 0 Å². The lowest BCUT2D eigenvalue weighted by Crippen LogP contribution is -2.51. The van der Waals surface area contributed by atoms with Crippen molar-refractivity contribution in [2.24, 2.45) is 0 Å². The summed E-state index contributed by atoms with van der Waals surface area (Å²) >= 11 is 12.0. The molecule has 0 bridgehead atoms. The quantitative estimate of drug-likeness (QED) is 0.747. The van der Waals surface area contributed by atoms with E-state index in [1.165, 1.54) is 16.4 Å². The van der Waals surface area contributed by atoms with E-state index in [4.69, 9.17) is 23.2 Å². The van der Waals surface area contributed by atoms with Gasteiger partial charge in [-0.15, -0.1) is 0 Å². The molecule has 1 N–H and O–H groups in total. The summed E-state index contributed by atoms with van der Waals surface area (Å²) in [5.41, 5.74) is 1.03. The van der Waals surface area contributed by atoms with E-state index in [-0.39, 0.29) is 35.5 Å². The number of piperazine rings is 1. The molecule has 3 rings (SSSR count). The van der Waals surface area contributed by atoms with Crippen LogP contribution >= 0.6 is 23.2 Å². The molecule has 1 aliphatic rings. The molecule has 9 heteroatoms. The van der Waals surface area contributed by atoms with Crippen LogP contribution in [0.1, 0.15) is 5.56 Å². The van der Waals surface area contributed by atoms with E-state index in [1.54, 1.807) is 6.07 Å². The van der Waals surface area contributed by atoms with Crippen LogP contribution < -0.4 is 5.32 Å². The summed E-state index contributed by atoms with van der Waals surface area (Å²) in [5, 5.41) is 3.34. The topological polar surface area (TPSA) is 69.7 Å². The smallest absolute Gasteiger partial charge is 0.244 e. The zero-order valence-corrected chi connectivity index (χ0v) is 17.5. The van der Waals surface area contributed by atoms with Crippen LogP contribution in [0.25, 0.3) is 0 Å². The molecule has 0 unspecified atom stereocenters. The molecule has 1 amide bonds. The van der Waals surface area contributed by atoms with Gasteiger partial charge < -0.3 is 5.32 Å². The second-order valence-corrected chi connectivity index (χ2v) is 9.27. The van der Waals surface area contributed by atoms with Gasteiger partial charge in [0, 0.05) is 37.7 Å². The summed E-state index contributed by atoms with van der Waals surface area (Å²) in [6, 6.07) is 14.1. The molecule has 1 saturated heterocycles. The molecule has 1 fully saturated rings. The van der Waals surface area contributed by atoms with Gasteiger partial charge in [0.2, 0.25) is 15.9 Å². The van der Waals surface area contributed by atoms with E-state index < -0.39 is 10.0 Å². The van der Waals surface area contributed by atoms with E-state index in [2.05, 4.69) is 5.32 Å². The van der Waals surface area contributed by atoms with Gasteiger partial charge in [-0.1, -0.05) is 53.5 Å². The van der Waals surface area contributed by atoms with Gasteiger partial charge in [-0.05, 0) is 23.8 Å². The maximum absolute atomic E-state index is 12.8. The number of halogens is 2. The van der Waals surface area contributed by atoms with Crippen molar-refractivity contribution >= 4 is 39.1 Å². The van der Waals surface area contributed by atoms with E-state index in [1.807, 2.05) is 35.2 Å². The summed E-state index contributed by atoms with van der Waals surface area (Å²) < 4.78 is 27.0. The van der Waals surface area contributed by atoms with Crippen molar-refractivity contribution < 1.29 is 13.2 Å². The number of hydrogen-bond donors (Lipinski definition) is 1.